The standard InChI is InChI=1S/C16H22BrN3/c1-16(2,3)20-8-6-19(7-9-20)15-5-4-13(11-17)10-14(15)12-18/h4-5,10H,6-9,11H2,1-3H3. The highest BCUT2D eigenvalue weighted by Crippen LogP contribution is 2.25. The van der Waals surface area contributed by atoms with Gasteiger partial charge in [0.2, 0.25) is 0 Å². The summed E-state index contributed by atoms with van der Waals surface area (Å²) in [5, 5.41) is 10.1. The van der Waals surface area contributed by atoms with E-state index in [1.807, 2.05) is 6.07 Å². The SMILES string of the molecule is CC(C)(C)N1CCN(c2ccc(CBr)cc2C#N)CC1. The fraction of sp³-hybridized carbons (Fsp3) is 0.562. The summed E-state index contributed by atoms with van der Waals surface area (Å²) in [7, 11) is 0. The van der Waals surface area contributed by atoms with E-state index in [-0.39, 0.29) is 5.54 Å². The Hall–Kier alpha value is -1.05. The molecule has 0 spiro atoms. The second-order valence-electron chi connectivity index (χ2n) is 6.24. The number of hydrogen-bond donors (Lipinski definition) is 0. The first-order valence-corrected chi connectivity index (χ1v) is 8.17. The second-order valence-corrected chi connectivity index (χ2v) is 6.80. The van der Waals surface area contributed by atoms with E-state index in [0.29, 0.717) is 0 Å². The van der Waals surface area contributed by atoms with Crippen LogP contribution in [-0.4, -0.2) is 36.6 Å². The highest BCUT2D eigenvalue weighted by atomic mass is 79.9. The molecule has 1 fully saturated rings. The lowest BCUT2D eigenvalue weighted by Crippen LogP contribution is -2.53. The molecule has 0 unspecified atom stereocenters. The van der Waals surface area contributed by atoms with Gasteiger partial charge in [-0.15, -0.1) is 0 Å². The van der Waals surface area contributed by atoms with Gasteiger partial charge in [-0.05, 0) is 38.5 Å². The number of alkyl halides is 1. The largest absolute Gasteiger partial charge is 0.368 e. The van der Waals surface area contributed by atoms with Gasteiger partial charge in [-0.25, -0.2) is 0 Å². The van der Waals surface area contributed by atoms with E-state index in [2.05, 4.69) is 64.7 Å². The first-order chi connectivity index (χ1) is 9.45. The van der Waals surface area contributed by atoms with Crippen LogP contribution in [0, 0.1) is 11.3 Å². The Labute approximate surface area is 130 Å². The molecule has 0 aromatic heterocycles. The predicted molar refractivity (Wildman–Crippen MR) is 87.3 cm³/mol. The maximum atomic E-state index is 9.35. The molecule has 4 heteroatoms. The normalized spacial score (nSPS) is 17.1. The van der Waals surface area contributed by atoms with Crippen LogP contribution in [0.3, 0.4) is 0 Å². The van der Waals surface area contributed by atoms with E-state index in [1.54, 1.807) is 0 Å². The number of nitriles is 1. The Morgan fingerprint density at radius 1 is 1.20 bits per heavy atom. The Balaban J connectivity index is 2.13. The number of rotatable bonds is 2. The van der Waals surface area contributed by atoms with Crippen molar-refractivity contribution in [2.75, 3.05) is 31.1 Å². The first kappa shape index (κ1) is 15.3. The number of anilines is 1. The quantitative estimate of drug-likeness (QED) is 0.776. The van der Waals surface area contributed by atoms with Gasteiger partial charge in [-0.3, -0.25) is 4.90 Å². The molecule has 1 saturated heterocycles. The predicted octanol–water partition coefficient (Wildman–Crippen LogP) is 3.37. The summed E-state index contributed by atoms with van der Waals surface area (Å²) in [6.07, 6.45) is 0. The molecule has 0 aliphatic carbocycles. The summed E-state index contributed by atoms with van der Waals surface area (Å²) in [4.78, 5) is 4.83. The molecule has 0 radical (unpaired) electrons. The van der Waals surface area contributed by atoms with Crippen molar-refractivity contribution < 1.29 is 0 Å². The molecule has 1 aromatic carbocycles. The van der Waals surface area contributed by atoms with Gasteiger partial charge < -0.3 is 4.90 Å². The van der Waals surface area contributed by atoms with E-state index >= 15 is 0 Å². The molecule has 0 saturated carbocycles. The molecule has 1 aromatic rings. The highest BCUT2D eigenvalue weighted by Gasteiger charge is 2.26. The van der Waals surface area contributed by atoms with E-state index in [9.17, 15) is 5.26 Å². The summed E-state index contributed by atoms with van der Waals surface area (Å²) < 4.78 is 0. The smallest absolute Gasteiger partial charge is 0.101 e. The van der Waals surface area contributed by atoms with Crippen molar-refractivity contribution in [2.24, 2.45) is 0 Å². The molecule has 1 aliphatic heterocycles. The van der Waals surface area contributed by atoms with Crippen molar-refractivity contribution in [3.63, 3.8) is 0 Å². The molecule has 0 N–H and O–H groups in total. The van der Waals surface area contributed by atoms with E-state index in [0.717, 1.165) is 48.3 Å². The average Bonchev–Trinajstić information content (AvgIpc) is 2.45. The maximum absolute atomic E-state index is 9.35. The average molecular weight is 336 g/mol. The molecule has 108 valence electrons. The van der Waals surface area contributed by atoms with Crippen LogP contribution < -0.4 is 4.90 Å². The monoisotopic (exact) mass is 335 g/mol. The van der Waals surface area contributed by atoms with Crippen LogP contribution in [0.15, 0.2) is 18.2 Å². The van der Waals surface area contributed by atoms with Crippen molar-refractivity contribution >= 4 is 21.6 Å². The molecule has 0 atom stereocenters. The Kier molecular flexibility index (Phi) is 4.72. The molecule has 1 heterocycles. The Morgan fingerprint density at radius 3 is 2.35 bits per heavy atom. The third kappa shape index (κ3) is 3.34. The molecule has 0 amide bonds. The van der Waals surface area contributed by atoms with Crippen LogP contribution >= 0.6 is 15.9 Å². The van der Waals surface area contributed by atoms with Crippen molar-refractivity contribution in [2.45, 2.75) is 31.6 Å². The lowest BCUT2D eigenvalue weighted by molar-refractivity contribution is 0.128. The second kappa shape index (κ2) is 6.15. The third-order valence-corrected chi connectivity index (χ3v) is 4.55. The number of nitrogens with zero attached hydrogens (tertiary/aromatic N) is 3. The number of halogens is 1. The summed E-state index contributed by atoms with van der Waals surface area (Å²) in [5.74, 6) is 0. The van der Waals surface area contributed by atoms with Crippen molar-refractivity contribution in [1.29, 1.82) is 5.26 Å². The zero-order valence-electron chi connectivity index (χ0n) is 12.5. The van der Waals surface area contributed by atoms with E-state index < -0.39 is 0 Å². The highest BCUT2D eigenvalue weighted by molar-refractivity contribution is 9.08. The van der Waals surface area contributed by atoms with Gasteiger partial charge >= 0.3 is 0 Å². The van der Waals surface area contributed by atoms with E-state index in [1.165, 1.54) is 0 Å². The van der Waals surface area contributed by atoms with Gasteiger partial charge in [0.05, 0.1) is 11.3 Å². The topological polar surface area (TPSA) is 30.3 Å². The van der Waals surface area contributed by atoms with Crippen LogP contribution in [-0.2, 0) is 5.33 Å². The molecule has 3 nitrogen and oxygen atoms in total. The lowest BCUT2D eigenvalue weighted by Gasteiger charge is -2.43. The fourth-order valence-corrected chi connectivity index (χ4v) is 3.00. The molecular weight excluding hydrogens is 314 g/mol. The zero-order valence-corrected chi connectivity index (χ0v) is 14.1. The molecule has 20 heavy (non-hydrogen) atoms. The molecule has 2 rings (SSSR count). The van der Waals surface area contributed by atoms with Gasteiger partial charge in [0.1, 0.15) is 6.07 Å². The number of hydrogen-bond acceptors (Lipinski definition) is 3. The molecular formula is C16H22BrN3. The molecule has 0 bridgehead atoms. The van der Waals surface area contributed by atoms with Crippen LogP contribution in [0.25, 0.3) is 0 Å². The van der Waals surface area contributed by atoms with Gasteiger partial charge in [0.15, 0.2) is 0 Å². The fourth-order valence-electron chi connectivity index (χ4n) is 2.65. The van der Waals surface area contributed by atoms with Gasteiger partial charge in [0.25, 0.3) is 0 Å². The van der Waals surface area contributed by atoms with Crippen LogP contribution in [0.1, 0.15) is 31.9 Å². The van der Waals surface area contributed by atoms with Crippen LogP contribution in [0.2, 0.25) is 0 Å². The zero-order chi connectivity index (χ0) is 14.8. The summed E-state index contributed by atoms with van der Waals surface area (Å²) >= 11 is 3.44. The van der Waals surface area contributed by atoms with Crippen LogP contribution in [0.4, 0.5) is 5.69 Å². The van der Waals surface area contributed by atoms with Crippen molar-refractivity contribution in [3.8, 4) is 6.07 Å². The first-order valence-electron chi connectivity index (χ1n) is 7.04. The maximum Gasteiger partial charge on any atom is 0.101 e. The molecule has 1 aliphatic rings. The van der Waals surface area contributed by atoms with Crippen molar-refractivity contribution in [3.05, 3.63) is 29.3 Å². The number of piperazine rings is 1. The van der Waals surface area contributed by atoms with Crippen LogP contribution in [0.5, 0.6) is 0 Å². The Bertz CT molecular complexity index is 505. The summed E-state index contributed by atoms with van der Waals surface area (Å²) in [5.41, 5.74) is 3.24. The third-order valence-electron chi connectivity index (χ3n) is 3.90. The minimum Gasteiger partial charge on any atom is -0.368 e. The van der Waals surface area contributed by atoms with Gasteiger partial charge in [-0.2, -0.15) is 5.26 Å². The minimum absolute atomic E-state index is 0.226. The Morgan fingerprint density at radius 2 is 1.85 bits per heavy atom. The number of benzene rings is 1. The lowest BCUT2D eigenvalue weighted by atomic mass is 10.0. The van der Waals surface area contributed by atoms with Gasteiger partial charge in [0, 0.05) is 37.0 Å². The van der Waals surface area contributed by atoms with Crippen molar-refractivity contribution in [1.82, 2.24) is 4.90 Å². The summed E-state index contributed by atoms with van der Waals surface area (Å²) in [6.45, 7) is 10.8. The van der Waals surface area contributed by atoms with Gasteiger partial charge in [-0.1, -0.05) is 22.0 Å². The van der Waals surface area contributed by atoms with E-state index in [4.69, 9.17) is 0 Å². The summed E-state index contributed by atoms with van der Waals surface area (Å²) in [6, 6.07) is 8.50. The minimum atomic E-state index is 0.226.